The van der Waals surface area contributed by atoms with Crippen LogP contribution in [0.25, 0.3) is 0 Å². The van der Waals surface area contributed by atoms with Crippen LogP contribution in [0.4, 0.5) is 13.2 Å². The van der Waals surface area contributed by atoms with Gasteiger partial charge in [-0.05, 0) is 67.3 Å². The molecule has 4 rings (SSSR count). The normalized spacial score (nSPS) is 15.1. The van der Waals surface area contributed by atoms with Crippen molar-refractivity contribution in [1.82, 2.24) is 4.90 Å². The van der Waals surface area contributed by atoms with E-state index in [9.17, 15) is 13.2 Å². The molecule has 0 aliphatic carbocycles. The summed E-state index contributed by atoms with van der Waals surface area (Å²) in [7, 11) is 0. The third kappa shape index (κ3) is 7.08. The number of halogens is 4. The van der Waals surface area contributed by atoms with E-state index in [1.54, 1.807) is 12.1 Å². The smallest absolute Gasteiger partial charge is 0.126 e. The second kappa shape index (κ2) is 10.9. The minimum atomic E-state index is -1.56. The molecule has 172 valence electrons. The van der Waals surface area contributed by atoms with Crippen LogP contribution in [0, 0.1) is 28.9 Å². The van der Waals surface area contributed by atoms with Gasteiger partial charge in [-0.3, -0.25) is 4.90 Å². The number of likely N-dealkylation sites (tertiary alicyclic amines) is 1. The third-order valence-corrected chi connectivity index (χ3v) is 5.91. The number of hydrogen-bond donors (Lipinski definition) is 0. The van der Waals surface area contributed by atoms with Crippen molar-refractivity contribution < 1.29 is 13.2 Å². The number of nitrogens with zero attached hydrogens (tertiary/aromatic N) is 2. The molecule has 0 radical (unpaired) electrons. The summed E-state index contributed by atoms with van der Waals surface area (Å²) in [6.45, 7) is 5.09. The van der Waals surface area contributed by atoms with E-state index >= 15 is 0 Å². The average molecular weight is 471 g/mol. The zero-order chi connectivity index (χ0) is 24.0. The van der Waals surface area contributed by atoms with Crippen LogP contribution in [-0.2, 0) is 6.54 Å². The highest BCUT2D eigenvalue weighted by Crippen LogP contribution is 2.42. The number of rotatable bonds is 5. The van der Waals surface area contributed by atoms with Crippen LogP contribution < -0.4 is 0 Å². The van der Waals surface area contributed by atoms with Crippen LogP contribution in [0.3, 0.4) is 0 Å². The van der Waals surface area contributed by atoms with E-state index < -0.39 is 23.2 Å². The van der Waals surface area contributed by atoms with Gasteiger partial charge in [0.05, 0.1) is 11.6 Å². The van der Waals surface area contributed by atoms with Crippen molar-refractivity contribution in [1.29, 1.82) is 5.26 Å². The Hall–Kier alpha value is -2.81. The molecule has 1 aliphatic heterocycles. The van der Waals surface area contributed by atoms with Crippen LogP contribution in [0.15, 0.2) is 72.8 Å². The van der Waals surface area contributed by atoms with Gasteiger partial charge in [-0.2, -0.15) is 5.26 Å². The summed E-state index contributed by atoms with van der Waals surface area (Å²) in [5, 5.41) is 8.98. The van der Waals surface area contributed by atoms with Crippen molar-refractivity contribution in [3.8, 4) is 6.07 Å². The fourth-order valence-electron chi connectivity index (χ4n) is 4.29. The van der Waals surface area contributed by atoms with E-state index in [1.165, 1.54) is 26.0 Å². The van der Waals surface area contributed by atoms with E-state index in [4.69, 9.17) is 16.9 Å². The SMILES string of the molecule is CC(C)(F)C(c1cc(F)cc(F)c1)C1CN(Cc2ccc(Cl)cc2)C1.N#Cc1ccccc1. The highest BCUT2D eigenvalue weighted by molar-refractivity contribution is 6.30. The lowest BCUT2D eigenvalue weighted by Gasteiger charge is -2.46. The van der Waals surface area contributed by atoms with Gasteiger partial charge in [0.25, 0.3) is 0 Å². The van der Waals surface area contributed by atoms with Gasteiger partial charge in [-0.15, -0.1) is 0 Å². The summed E-state index contributed by atoms with van der Waals surface area (Å²) in [4.78, 5) is 2.20. The molecule has 1 unspecified atom stereocenters. The summed E-state index contributed by atoms with van der Waals surface area (Å²) >= 11 is 5.89. The first-order chi connectivity index (χ1) is 15.7. The topological polar surface area (TPSA) is 27.0 Å². The Kier molecular flexibility index (Phi) is 8.18. The molecule has 3 aromatic rings. The molecular weight excluding hydrogens is 445 g/mol. The predicted octanol–water partition coefficient (Wildman–Crippen LogP) is 7.14. The number of benzene rings is 3. The molecule has 1 aliphatic rings. The van der Waals surface area contributed by atoms with Gasteiger partial charge in [-0.1, -0.05) is 41.9 Å². The summed E-state index contributed by atoms with van der Waals surface area (Å²) in [5.74, 6) is -1.85. The minimum absolute atomic E-state index is 0.0218. The molecule has 0 saturated carbocycles. The Labute approximate surface area is 198 Å². The van der Waals surface area contributed by atoms with Crippen molar-refractivity contribution >= 4 is 11.6 Å². The van der Waals surface area contributed by atoms with Crippen molar-refractivity contribution in [3.63, 3.8) is 0 Å². The van der Waals surface area contributed by atoms with Crippen LogP contribution in [0.5, 0.6) is 0 Å². The van der Waals surface area contributed by atoms with Crippen molar-refractivity contribution in [2.75, 3.05) is 13.1 Å². The molecule has 1 heterocycles. The largest absolute Gasteiger partial charge is 0.298 e. The standard InChI is InChI=1S/C20H21ClF3N.C7H5N/c1-20(2,24)19(14-7-17(22)9-18(23)8-14)15-11-25(12-15)10-13-3-5-16(21)6-4-13;8-6-7-4-2-1-3-5-7/h3-9,15,19H,10-12H2,1-2H3;1-5H. The van der Waals surface area contributed by atoms with Gasteiger partial charge in [0, 0.05) is 36.6 Å². The van der Waals surface area contributed by atoms with Crippen molar-refractivity contribution in [3.05, 3.63) is 106 Å². The quantitative estimate of drug-likeness (QED) is 0.396. The van der Waals surface area contributed by atoms with Crippen LogP contribution in [-0.4, -0.2) is 23.7 Å². The minimum Gasteiger partial charge on any atom is -0.298 e. The second-order valence-electron chi connectivity index (χ2n) is 8.80. The fraction of sp³-hybridized carbons (Fsp3) is 0.296. The van der Waals surface area contributed by atoms with Gasteiger partial charge in [0.1, 0.15) is 17.3 Å². The Morgan fingerprint density at radius 1 is 1.00 bits per heavy atom. The summed E-state index contributed by atoms with van der Waals surface area (Å²) in [6, 6.07) is 22.1. The highest BCUT2D eigenvalue weighted by Gasteiger charge is 2.43. The zero-order valence-electron chi connectivity index (χ0n) is 18.6. The lowest BCUT2D eigenvalue weighted by atomic mass is 9.73. The molecule has 1 saturated heterocycles. The van der Waals surface area contributed by atoms with Crippen LogP contribution in [0.1, 0.15) is 36.5 Å². The molecule has 1 atom stereocenters. The van der Waals surface area contributed by atoms with Crippen molar-refractivity contribution in [2.45, 2.75) is 32.0 Å². The molecular formula is C27H26ClF3N2. The third-order valence-electron chi connectivity index (χ3n) is 5.66. The number of alkyl halides is 1. The van der Waals surface area contributed by atoms with Gasteiger partial charge in [-0.25, -0.2) is 13.2 Å². The van der Waals surface area contributed by atoms with Gasteiger partial charge in [0.2, 0.25) is 0 Å². The maximum absolute atomic E-state index is 14.8. The molecule has 0 bridgehead atoms. The van der Waals surface area contributed by atoms with Crippen molar-refractivity contribution in [2.24, 2.45) is 5.92 Å². The highest BCUT2D eigenvalue weighted by atomic mass is 35.5. The second-order valence-corrected chi connectivity index (χ2v) is 9.24. The van der Waals surface area contributed by atoms with E-state index in [-0.39, 0.29) is 5.92 Å². The van der Waals surface area contributed by atoms with E-state index in [0.29, 0.717) is 29.2 Å². The molecule has 0 amide bonds. The predicted molar refractivity (Wildman–Crippen MR) is 126 cm³/mol. The summed E-state index contributed by atoms with van der Waals surface area (Å²) in [5.41, 5.74) is 0.682. The first-order valence-corrected chi connectivity index (χ1v) is 11.1. The first kappa shape index (κ1) is 24.8. The first-order valence-electron chi connectivity index (χ1n) is 10.7. The van der Waals surface area contributed by atoms with Crippen LogP contribution in [0.2, 0.25) is 5.02 Å². The van der Waals surface area contributed by atoms with E-state index in [0.717, 1.165) is 18.2 Å². The molecule has 3 aromatic carbocycles. The summed E-state index contributed by atoms with van der Waals surface area (Å²) in [6.07, 6.45) is 0. The maximum Gasteiger partial charge on any atom is 0.126 e. The summed E-state index contributed by atoms with van der Waals surface area (Å²) < 4.78 is 41.9. The molecule has 0 aromatic heterocycles. The van der Waals surface area contributed by atoms with Crippen LogP contribution >= 0.6 is 11.6 Å². The van der Waals surface area contributed by atoms with E-state index in [2.05, 4.69) is 4.90 Å². The fourth-order valence-corrected chi connectivity index (χ4v) is 4.42. The molecule has 0 N–H and O–H groups in total. The molecule has 2 nitrogen and oxygen atoms in total. The lowest BCUT2D eigenvalue weighted by Crippen LogP contribution is -2.52. The zero-order valence-corrected chi connectivity index (χ0v) is 19.4. The molecule has 6 heteroatoms. The number of nitriles is 1. The Bertz CT molecular complexity index is 1060. The van der Waals surface area contributed by atoms with Gasteiger partial charge in [0.15, 0.2) is 0 Å². The van der Waals surface area contributed by atoms with Gasteiger partial charge >= 0.3 is 0 Å². The molecule has 0 spiro atoms. The van der Waals surface area contributed by atoms with E-state index in [1.807, 2.05) is 48.5 Å². The monoisotopic (exact) mass is 470 g/mol. The lowest BCUT2D eigenvalue weighted by molar-refractivity contribution is 0.0211. The van der Waals surface area contributed by atoms with Gasteiger partial charge < -0.3 is 0 Å². The molecule has 33 heavy (non-hydrogen) atoms. The average Bonchev–Trinajstić information content (AvgIpc) is 2.73. The number of hydrogen-bond acceptors (Lipinski definition) is 2. The Morgan fingerprint density at radius 3 is 2.06 bits per heavy atom. The Morgan fingerprint density at radius 2 is 1.58 bits per heavy atom. The maximum atomic E-state index is 14.8. The Balaban J connectivity index is 0.000000323. The molecule has 1 fully saturated rings.